The van der Waals surface area contributed by atoms with Crippen LogP contribution in [0.2, 0.25) is 0 Å². The molecule has 0 bridgehead atoms. The largest absolute Gasteiger partial charge is 0.494 e. The number of hydrogen-bond donors (Lipinski definition) is 1. The maximum absolute atomic E-state index is 12.5. The minimum Gasteiger partial charge on any atom is -0.494 e. The Balaban J connectivity index is 2.01. The SMILES string of the molecule is C=C(C)COc1ccccc1C(=O)Nc1ccc(OCCCC)cc1. The highest BCUT2D eigenvalue weighted by molar-refractivity contribution is 6.06. The smallest absolute Gasteiger partial charge is 0.259 e. The van der Waals surface area contributed by atoms with Crippen LogP contribution in [-0.2, 0) is 0 Å². The molecule has 0 unspecified atom stereocenters. The maximum atomic E-state index is 12.5. The van der Waals surface area contributed by atoms with E-state index in [4.69, 9.17) is 9.47 Å². The molecule has 0 heterocycles. The van der Waals surface area contributed by atoms with E-state index in [0.717, 1.165) is 24.2 Å². The van der Waals surface area contributed by atoms with E-state index in [1.165, 1.54) is 0 Å². The Kier molecular flexibility index (Phi) is 7.08. The van der Waals surface area contributed by atoms with E-state index in [9.17, 15) is 4.79 Å². The molecule has 0 aliphatic rings. The number of para-hydroxylation sites is 1. The summed E-state index contributed by atoms with van der Waals surface area (Å²) in [6, 6.07) is 14.5. The van der Waals surface area contributed by atoms with Gasteiger partial charge in [-0.3, -0.25) is 4.79 Å². The van der Waals surface area contributed by atoms with Gasteiger partial charge in [-0.15, -0.1) is 0 Å². The lowest BCUT2D eigenvalue weighted by molar-refractivity contribution is 0.102. The van der Waals surface area contributed by atoms with Crippen LogP contribution in [0, 0.1) is 0 Å². The molecule has 0 atom stereocenters. The quantitative estimate of drug-likeness (QED) is 0.512. The lowest BCUT2D eigenvalue weighted by Crippen LogP contribution is -2.14. The van der Waals surface area contributed by atoms with Gasteiger partial charge in [-0.05, 0) is 55.3 Å². The molecule has 0 radical (unpaired) electrons. The molecule has 4 heteroatoms. The van der Waals surface area contributed by atoms with Crippen LogP contribution in [0.15, 0.2) is 60.7 Å². The molecule has 2 aromatic carbocycles. The van der Waals surface area contributed by atoms with Crippen molar-refractivity contribution in [2.24, 2.45) is 0 Å². The van der Waals surface area contributed by atoms with Crippen LogP contribution in [0.4, 0.5) is 5.69 Å². The van der Waals surface area contributed by atoms with Crippen molar-refractivity contribution >= 4 is 11.6 Å². The fourth-order valence-corrected chi connectivity index (χ4v) is 2.15. The van der Waals surface area contributed by atoms with Crippen molar-refractivity contribution < 1.29 is 14.3 Å². The Morgan fingerprint density at radius 1 is 1.08 bits per heavy atom. The standard InChI is InChI=1S/C21H25NO3/c1-4-5-14-24-18-12-10-17(11-13-18)22-21(23)19-8-6-7-9-20(19)25-15-16(2)3/h6-13H,2,4-5,14-15H2,1,3H3,(H,22,23). The zero-order valence-corrected chi connectivity index (χ0v) is 14.9. The van der Waals surface area contributed by atoms with Gasteiger partial charge in [0.05, 0.1) is 12.2 Å². The van der Waals surface area contributed by atoms with Gasteiger partial charge in [0.25, 0.3) is 5.91 Å². The van der Waals surface area contributed by atoms with Gasteiger partial charge in [-0.2, -0.15) is 0 Å². The van der Waals surface area contributed by atoms with Gasteiger partial charge in [-0.25, -0.2) is 0 Å². The normalized spacial score (nSPS) is 10.2. The van der Waals surface area contributed by atoms with Gasteiger partial charge in [0, 0.05) is 5.69 Å². The van der Waals surface area contributed by atoms with Crippen molar-refractivity contribution in [1.82, 2.24) is 0 Å². The maximum Gasteiger partial charge on any atom is 0.259 e. The van der Waals surface area contributed by atoms with Crippen LogP contribution < -0.4 is 14.8 Å². The van der Waals surface area contributed by atoms with Crippen LogP contribution in [0.25, 0.3) is 0 Å². The summed E-state index contributed by atoms with van der Waals surface area (Å²) in [5, 5.41) is 2.88. The molecule has 4 nitrogen and oxygen atoms in total. The average Bonchev–Trinajstić information content (AvgIpc) is 2.62. The van der Waals surface area contributed by atoms with Crippen LogP contribution >= 0.6 is 0 Å². The van der Waals surface area contributed by atoms with E-state index >= 15 is 0 Å². The number of carbonyl (C=O) groups excluding carboxylic acids is 1. The molecule has 0 aromatic heterocycles. The summed E-state index contributed by atoms with van der Waals surface area (Å²) in [5.74, 6) is 1.14. The lowest BCUT2D eigenvalue weighted by atomic mass is 10.2. The van der Waals surface area contributed by atoms with Crippen molar-refractivity contribution in [2.45, 2.75) is 26.7 Å². The van der Waals surface area contributed by atoms with Crippen molar-refractivity contribution in [1.29, 1.82) is 0 Å². The summed E-state index contributed by atoms with van der Waals surface area (Å²) in [4.78, 5) is 12.5. The van der Waals surface area contributed by atoms with E-state index in [1.807, 2.05) is 43.3 Å². The molecule has 0 spiro atoms. The Bertz CT molecular complexity index is 707. The molecule has 0 saturated carbocycles. The number of benzene rings is 2. The first-order valence-electron chi connectivity index (χ1n) is 8.50. The number of amides is 1. The Hall–Kier alpha value is -2.75. The lowest BCUT2D eigenvalue weighted by Gasteiger charge is -2.12. The van der Waals surface area contributed by atoms with E-state index in [2.05, 4.69) is 18.8 Å². The third kappa shape index (κ3) is 5.99. The second-order valence-electron chi connectivity index (χ2n) is 5.92. The zero-order valence-electron chi connectivity index (χ0n) is 14.9. The molecule has 2 rings (SSSR count). The second kappa shape index (κ2) is 9.52. The monoisotopic (exact) mass is 339 g/mol. The van der Waals surface area contributed by atoms with Gasteiger partial charge in [-0.1, -0.05) is 32.1 Å². The first kappa shape index (κ1) is 18.6. The average molecular weight is 339 g/mol. The number of unbranched alkanes of at least 4 members (excludes halogenated alkanes) is 1. The number of ether oxygens (including phenoxy) is 2. The predicted octanol–water partition coefficient (Wildman–Crippen LogP) is 5.07. The molecule has 0 saturated heterocycles. The number of rotatable bonds is 9. The van der Waals surface area contributed by atoms with Crippen molar-refractivity contribution in [3.05, 3.63) is 66.2 Å². The molecule has 1 amide bonds. The summed E-state index contributed by atoms with van der Waals surface area (Å²) in [7, 11) is 0. The van der Waals surface area contributed by atoms with Crippen molar-refractivity contribution in [3.8, 4) is 11.5 Å². The minimum atomic E-state index is -0.211. The number of hydrogen-bond acceptors (Lipinski definition) is 3. The molecular weight excluding hydrogens is 314 g/mol. The molecule has 0 fully saturated rings. The van der Waals surface area contributed by atoms with E-state index in [-0.39, 0.29) is 5.91 Å². The first-order valence-corrected chi connectivity index (χ1v) is 8.50. The molecular formula is C21H25NO3. The molecule has 1 N–H and O–H groups in total. The fourth-order valence-electron chi connectivity index (χ4n) is 2.15. The number of anilines is 1. The van der Waals surface area contributed by atoms with Gasteiger partial charge in [0.15, 0.2) is 0 Å². The van der Waals surface area contributed by atoms with Crippen molar-refractivity contribution in [3.63, 3.8) is 0 Å². The Morgan fingerprint density at radius 2 is 1.80 bits per heavy atom. The third-order valence-electron chi connectivity index (χ3n) is 3.48. The number of carbonyl (C=O) groups is 1. The van der Waals surface area contributed by atoms with Gasteiger partial charge >= 0.3 is 0 Å². The first-order chi connectivity index (χ1) is 12.1. The molecule has 132 valence electrons. The van der Waals surface area contributed by atoms with Crippen LogP contribution in [0.3, 0.4) is 0 Å². The van der Waals surface area contributed by atoms with Gasteiger partial charge in [0.1, 0.15) is 18.1 Å². The molecule has 25 heavy (non-hydrogen) atoms. The second-order valence-corrected chi connectivity index (χ2v) is 5.92. The fraction of sp³-hybridized carbons (Fsp3) is 0.286. The van der Waals surface area contributed by atoms with Crippen LogP contribution in [-0.4, -0.2) is 19.1 Å². The van der Waals surface area contributed by atoms with E-state index < -0.39 is 0 Å². The summed E-state index contributed by atoms with van der Waals surface area (Å²) >= 11 is 0. The molecule has 2 aromatic rings. The Morgan fingerprint density at radius 3 is 2.48 bits per heavy atom. The van der Waals surface area contributed by atoms with Gasteiger partial charge < -0.3 is 14.8 Å². The molecule has 0 aliphatic carbocycles. The predicted molar refractivity (Wildman–Crippen MR) is 102 cm³/mol. The molecule has 0 aliphatic heterocycles. The van der Waals surface area contributed by atoms with Crippen LogP contribution in [0.1, 0.15) is 37.0 Å². The van der Waals surface area contributed by atoms with Crippen LogP contribution in [0.5, 0.6) is 11.5 Å². The zero-order chi connectivity index (χ0) is 18.1. The number of nitrogens with one attached hydrogen (secondary N) is 1. The summed E-state index contributed by atoms with van der Waals surface area (Å²) in [6.07, 6.45) is 2.13. The summed E-state index contributed by atoms with van der Waals surface area (Å²) < 4.78 is 11.3. The minimum absolute atomic E-state index is 0.211. The Labute approximate surface area is 149 Å². The van der Waals surface area contributed by atoms with Gasteiger partial charge in [0.2, 0.25) is 0 Å². The highest BCUT2D eigenvalue weighted by Crippen LogP contribution is 2.21. The topological polar surface area (TPSA) is 47.6 Å². The highest BCUT2D eigenvalue weighted by Gasteiger charge is 2.12. The highest BCUT2D eigenvalue weighted by atomic mass is 16.5. The van der Waals surface area contributed by atoms with Crippen molar-refractivity contribution in [2.75, 3.05) is 18.5 Å². The summed E-state index contributed by atoms with van der Waals surface area (Å²) in [5.41, 5.74) is 2.10. The summed E-state index contributed by atoms with van der Waals surface area (Å²) in [6.45, 7) is 8.90. The van der Waals surface area contributed by atoms with E-state index in [1.54, 1.807) is 12.1 Å². The van der Waals surface area contributed by atoms with E-state index in [0.29, 0.717) is 30.2 Å². The third-order valence-corrected chi connectivity index (χ3v) is 3.48.